The first kappa shape index (κ1) is 42.1. The summed E-state index contributed by atoms with van der Waals surface area (Å²) in [5.41, 5.74) is 20.5. The van der Waals surface area contributed by atoms with E-state index in [1.54, 1.807) is 0 Å². The van der Waals surface area contributed by atoms with Crippen LogP contribution in [0.15, 0.2) is 249 Å². The Labute approximate surface area is 415 Å². The molecule has 2 nitrogen and oxygen atoms in total. The third-order valence-corrected chi connectivity index (χ3v) is 14.6. The summed E-state index contributed by atoms with van der Waals surface area (Å²) in [5.74, 6) is 0. The minimum absolute atomic E-state index is 1.08. The number of nitrogens with zero attached hydrogens (tertiary/aromatic N) is 2. The highest BCUT2D eigenvalue weighted by molar-refractivity contribution is 6.21. The van der Waals surface area contributed by atoms with Crippen LogP contribution >= 0.6 is 0 Å². The molecule has 71 heavy (non-hydrogen) atoms. The van der Waals surface area contributed by atoms with Gasteiger partial charge >= 0.3 is 0 Å². The maximum atomic E-state index is 2.43. The molecule has 0 radical (unpaired) electrons. The zero-order chi connectivity index (χ0) is 47.6. The third-order valence-electron chi connectivity index (χ3n) is 14.6. The Morgan fingerprint density at radius 2 is 0.746 bits per heavy atom. The molecule has 0 fully saturated rings. The molecule has 0 amide bonds. The maximum absolute atomic E-state index is 2.43. The zero-order valence-corrected chi connectivity index (χ0v) is 40.1. The van der Waals surface area contributed by atoms with Crippen molar-refractivity contribution in [2.24, 2.45) is 0 Å². The SMILES string of the molecule is Cc1cc(C)c(-c2ccc3c(c2)c2cc(N(c4ccc(-c5cccc6ccccc56)cc4)c4ccc(-c5c6ccccc6c(-c6ccccc6)c6ccccc56)cc4)ccc2n3-c2ccccc2)c(C)c1. The fourth-order valence-corrected chi connectivity index (χ4v) is 11.6. The Morgan fingerprint density at radius 1 is 0.296 bits per heavy atom. The summed E-state index contributed by atoms with van der Waals surface area (Å²) in [7, 11) is 0. The molecule has 0 saturated heterocycles. The topological polar surface area (TPSA) is 8.17 Å². The summed E-state index contributed by atoms with van der Waals surface area (Å²) in [4.78, 5) is 2.43. The summed E-state index contributed by atoms with van der Waals surface area (Å²) >= 11 is 0. The van der Waals surface area contributed by atoms with Crippen LogP contribution in [0.1, 0.15) is 16.7 Å². The van der Waals surface area contributed by atoms with Crippen molar-refractivity contribution < 1.29 is 0 Å². The van der Waals surface area contributed by atoms with Gasteiger partial charge in [0, 0.05) is 33.5 Å². The summed E-state index contributed by atoms with van der Waals surface area (Å²) < 4.78 is 2.42. The molecular formula is C69H50N2. The number of aromatic nitrogens is 1. The fourth-order valence-electron chi connectivity index (χ4n) is 11.6. The van der Waals surface area contributed by atoms with Gasteiger partial charge in [0.1, 0.15) is 0 Å². The third kappa shape index (κ3) is 7.18. The normalized spacial score (nSPS) is 11.6. The van der Waals surface area contributed by atoms with Crippen LogP contribution in [0.3, 0.4) is 0 Å². The number of aryl methyl sites for hydroxylation is 3. The number of hydrogen-bond donors (Lipinski definition) is 0. The quantitative estimate of drug-likeness (QED) is 0.138. The second-order valence-electron chi connectivity index (χ2n) is 19.0. The molecule has 0 atom stereocenters. The van der Waals surface area contributed by atoms with Gasteiger partial charge in [0.25, 0.3) is 0 Å². The molecule has 336 valence electrons. The molecule has 0 unspecified atom stereocenters. The predicted octanol–water partition coefficient (Wildman–Crippen LogP) is 19.3. The second-order valence-corrected chi connectivity index (χ2v) is 19.0. The van der Waals surface area contributed by atoms with Gasteiger partial charge in [-0.2, -0.15) is 0 Å². The Kier molecular flexibility index (Phi) is 10.2. The van der Waals surface area contributed by atoms with Gasteiger partial charge in [0.2, 0.25) is 0 Å². The van der Waals surface area contributed by atoms with Gasteiger partial charge in [-0.1, -0.05) is 188 Å². The van der Waals surface area contributed by atoms with E-state index in [0.29, 0.717) is 0 Å². The summed E-state index contributed by atoms with van der Waals surface area (Å²) in [6.45, 7) is 6.67. The minimum Gasteiger partial charge on any atom is -0.310 e. The van der Waals surface area contributed by atoms with E-state index in [1.807, 2.05) is 0 Å². The van der Waals surface area contributed by atoms with E-state index >= 15 is 0 Å². The molecule has 1 aromatic heterocycles. The number of anilines is 3. The van der Waals surface area contributed by atoms with E-state index in [-0.39, 0.29) is 0 Å². The van der Waals surface area contributed by atoms with E-state index in [9.17, 15) is 0 Å². The minimum atomic E-state index is 1.08. The van der Waals surface area contributed by atoms with Crippen LogP contribution in [0, 0.1) is 20.8 Å². The molecule has 13 aromatic rings. The Balaban J connectivity index is 1.01. The highest BCUT2D eigenvalue weighted by atomic mass is 15.1. The molecule has 0 aliphatic rings. The first-order valence-corrected chi connectivity index (χ1v) is 24.7. The van der Waals surface area contributed by atoms with Gasteiger partial charge in [-0.3, -0.25) is 0 Å². The first-order valence-electron chi connectivity index (χ1n) is 24.7. The Morgan fingerprint density at radius 3 is 1.35 bits per heavy atom. The summed E-state index contributed by atoms with van der Waals surface area (Å²) in [5, 5.41) is 9.92. The molecule has 0 saturated carbocycles. The van der Waals surface area contributed by atoms with Gasteiger partial charge in [-0.15, -0.1) is 0 Å². The largest absolute Gasteiger partial charge is 0.310 e. The van der Waals surface area contributed by atoms with E-state index < -0.39 is 0 Å². The van der Waals surface area contributed by atoms with Crippen molar-refractivity contribution in [1.29, 1.82) is 0 Å². The lowest BCUT2D eigenvalue weighted by Crippen LogP contribution is -2.10. The van der Waals surface area contributed by atoms with Crippen LogP contribution in [0.4, 0.5) is 17.1 Å². The number of para-hydroxylation sites is 1. The average Bonchev–Trinajstić information content (AvgIpc) is 3.74. The monoisotopic (exact) mass is 906 g/mol. The fraction of sp³-hybridized carbons (Fsp3) is 0.0435. The lowest BCUT2D eigenvalue weighted by molar-refractivity contribution is 1.18. The number of fused-ring (bicyclic) bond motifs is 6. The van der Waals surface area contributed by atoms with E-state index in [0.717, 1.165) is 22.7 Å². The van der Waals surface area contributed by atoms with Gasteiger partial charge in [0.05, 0.1) is 11.0 Å². The van der Waals surface area contributed by atoms with Gasteiger partial charge < -0.3 is 9.47 Å². The van der Waals surface area contributed by atoms with Crippen molar-refractivity contribution in [2.45, 2.75) is 20.8 Å². The van der Waals surface area contributed by atoms with Crippen molar-refractivity contribution in [3.8, 4) is 50.2 Å². The van der Waals surface area contributed by atoms with Crippen molar-refractivity contribution in [1.82, 2.24) is 4.57 Å². The van der Waals surface area contributed by atoms with Crippen molar-refractivity contribution >= 4 is 71.2 Å². The summed E-state index contributed by atoms with van der Waals surface area (Å²) in [6, 6.07) is 91.7. The average molecular weight is 907 g/mol. The van der Waals surface area contributed by atoms with E-state index in [1.165, 1.54) is 115 Å². The van der Waals surface area contributed by atoms with Crippen LogP contribution in [-0.4, -0.2) is 4.57 Å². The lowest BCUT2D eigenvalue weighted by atomic mass is 9.86. The van der Waals surface area contributed by atoms with E-state index in [2.05, 4.69) is 279 Å². The number of hydrogen-bond acceptors (Lipinski definition) is 1. The molecule has 12 aromatic carbocycles. The van der Waals surface area contributed by atoms with Crippen LogP contribution in [0.25, 0.3) is 104 Å². The number of rotatable bonds is 8. The Bertz CT molecular complexity index is 4080. The van der Waals surface area contributed by atoms with Crippen molar-refractivity contribution in [3.05, 3.63) is 265 Å². The molecule has 0 N–H and O–H groups in total. The standard InChI is InChI=1S/C69H50N2/c1-45-41-46(2)67(47(3)42-45)52-33-39-65-63(43-52)64-44-56(38-40-66(64)71(65)53-21-8-5-9-22-53)70(54-34-29-49(30-35-54)58-28-16-20-48-17-10-11-23-57(48)58)55-36-31-51(32-37-55)69-61-26-14-12-24-59(61)68(50-18-6-4-7-19-50)60-25-13-15-27-62(60)69/h4-44H,1-3H3. The summed E-state index contributed by atoms with van der Waals surface area (Å²) in [6.07, 6.45) is 0. The molecule has 0 bridgehead atoms. The van der Waals surface area contributed by atoms with E-state index in [4.69, 9.17) is 0 Å². The maximum Gasteiger partial charge on any atom is 0.0542 e. The predicted molar refractivity (Wildman–Crippen MR) is 304 cm³/mol. The molecule has 1 heterocycles. The van der Waals surface area contributed by atoms with Crippen LogP contribution in [-0.2, 0) is 0 Å². The number of benzene rings is 12. The van der Waals surface area contributed by atoms with Gasteiger partial charge in [0.15, 0.2) is 0 Å². The highest BCUT2D eigenvalue weighted by Gasteiger charge is 2.21. The van der Waals surface area contributed by atoms with Crippen LogP contribution < -0.4 is 4.90 Å². The second kappa shape index (κ2) is 17.2. The smallest absolute Gasteiger partial charge is 0.0542 e. The molecule has 0 aliphatic carbocycles. The van der Waals surface area contributed by atoms with Gasteiger partial charge in [-0.25, -0.2) is 0 Å². The first-order chi connectivity index (χ1) is 35.0. The molecule has 0 spiro atoms. The van der Waals surface area contributed by atoms with Crippen molar-refractivity contribution in [3.63, 3.8) is 0 Å². The lowest BCUT2D eigenvalue weighted by Gasteiger charge is -2.26. The molecule has 0 aliphatic heterocycles. The molecular weight excluding hydrogens is 857 g/mol. The van der Waals surface area contributed by atoms with Crippen LogP contribution in [0.5, 0.6) is 0 Å². The Hall–Kier alpha value is -8.98. The highest BCUT2D eigenvalue weighted by Crippen LogP contribution is 2.46. The van der Waals surface area contributed by atoms with Crippen molar-refractivity contribution in [2.75, 3.05) is 4.90 Å². The zero-order valence-electron chi connectivity index (χ0n) is 40.1. The molecule has 13 rings (SSSR count). The van der Waals surface area contributed by atoms with Gasteiger partial charge in [-0.05, 0) is 175 Å². The van der Waals surface area contributed by atoms with Crippen LogP contribution in [0.2, 0.25) is 0 Å². The molecule has 2 heteroatoms.